The molecule has 0 aromatic heterocycles. The SMILES string of the molecule is CC(=O)OC1CC2C(C)(C)C(O[C@@H]3OC[C@@H](OC(C)=O)C(OC(C)=O)C3OC(C)=O)CC[C@@]23C[C@]32CC[C@]3(C)C4[C@H](C)C[C@H]5O[C@]4(C[C@@]3(C)C12)OC5C(C)(C)O. The number of carbonyl (C=O) groups excluding carboxylic acids is 4. The van der Waals surface area contributed by atoms with Crippen LogP contribution in [-0.2, 0) is 57.1 Å². The van der Waals surface area contributed by atoms with Gasteiger partial charge in [0, 0.05) is 46.0 Å². The molecule has 8 fully saturated rings. The van der Waals surface area contributed by atoms with Gasteiger partial charge in [0.1, 0.15) is 12.2 Å². The number of carbonyl (C=O) groups is 4. The molecular formula is C43H64O13. The van der Waals surface area contributed by atoms with Crippen molar-refractivity contribution < 1.29 is 62.2 Å². The van der Waals surface area contributed by atoms with E-state index in [1.807, 2.05) is 13.8 Å². The third-order valence-electron chi connectivity index (χ3n) is 16.8. The Hall–Kier alpha value is -2.32. The van der Waals surface area contributed by atoms with Gasteiger partial charge in [0.15, 0.2) is 30.4 Å². The van der Waals surface area contributed by atoms with Crippen LogP contribution in [0.1, 0.15) is 128 Å². The van der Waals surface area contributed by atoms with Gasteiger partial charge in [-0.2, -0.15) is 0 Å². The van der Waals surface area contributed by atoms with Crippen molar-refractivity contribution in [1.29, 1.82) is 0 Å². The van der Waals surface area contributed by atoms with Crippen molar-refractivity contribution in [3.63, 3.8) is 0 Å². The molecule has 8 rings (SSSR count). The molecule has 56 heavy (non-hydrogen) atoms. The predicted molar refractivity (Wildman–Crippen MR) is 197 cm³/mol. The van der Waals surface area contributed by atoms with Crippen LogP contribution in [0.15, 0.2) is 0 Å². The lowest BCUT2D eigenvalue weighted by atomic mass is 9.41. The fourth-order valence-electron chi connectivity index (χ4n) is 15.2. The summed E-state index contributed by atoms with van der Waals surface area (Å²) < 4.78 is 50.3. The number of hydrogen-bond acceptors (Lipinski definition) is 13. The van der Waals surface area contributed by atoms with E-state index in [2.05, 4.69) is 34.6 Å². The van der Waals surface area contributed by atoms with Crippen LogP contribution in [0.5, 0.6) is 0 Å². The average molecular weight is 789 g/mol. The molecule has 13 heteroatoms. The number of fused-ring (bicyclic) bond motifs is 4. The summed E-state index contributed by atoms with van der Waals surface area (Å²) in [5, 5.41) is 11.2. The highest BCUT2D eigenvalue weighted by Crippen LogP contribution is 2.90. The van der Waals surface area contributed by atoms with Crippen LogP contribution in [0.4, 0.5) is 0 Å². The molecule has 0 aromatic carbocycles. The molecular weight excluding hydrogens is 724 g/mol. The smallest absolute Gasteiger partial charge is 0.303 e. The fourth-order valence-corrected chi connectivity index (χ4v) is 15.2. The summed E-state index contributed by atoms with van der Waals surface area (Å²) in [6.45, 7) is 20.5. The molecule has 3 heterocycles. The van der Waals surface area contributed by atoms with Crippen LogP contribution < -0.4 is 0 Å². The lowest BCUT2D eigenvalue weighted by Crippen LogP contribution is -2.63. The zero-order chi connectivity index (χ0) is 40.8. The molecule has 3 spiro atoms. The van der Waals surface area contributed by atoms with Gasteiger partial charge < -0.3 is 43.0 Å². The Kier molecular flexibility index (Phi) is 9.28. The number of aliphatic hydroxyl groups is 1. The maximum absolute atomic E-state index is 13.1. The van der Waals surface area contributed by atoms with Crippen LogP contribution in [0.2, 0.25) is 0 Å². The highest BCUT2D eigenvalue weighted by atomic mass is 16.8. The summed E-state index contributed by atoms with van der Waals surface area (Å²) in [6, 6.07) is 0. The monoisotopic (exact) mass is 788 g/mol. The van der Waals surface area contributed by atoms with Gasteiger partial charge in [-0.15, -0.1) is 0 Å². The van der Waals surface area contributed by atoms with E-state index in [-0.39, 0.29) is 70.3 Å². The first kappa shape index (κ1) is 40.5. The van der Waals surface area contributed by atoms with Crippen molar-refractivity contribution in [2.24, 2.45) is 50.7 Å². The maximum atomic E-state index is 13.1. The van der Waals surface area contributed by atoms with E-state index in [0.717, 1.165) is 38.5 Å². The second-order valence-corrected chi connectivity index (χ2v) is 20.7. The Morgan fingerprint density at radius 3 is 1.96 bits per heavy atom. The van der Waals surface area contributed by atoms with Crippen LogP contribution in [0.25, 0.3) is 0 Å². The predicted octanol–water partition coefficient (Wildman–Crippen LogP) is 5.40. The minimum atomic E-state index is -1.17. The summed E-state index contributed by atoms with van der Waals surface area (Å²) >= 11 is 0. The largest absolute Gasteiger partial charge is 0.462 e. The molecule has 17 atom stereocenters. The zero-order valence-corrected chi connectivity index (χ0v) is 35.1. The van der Waals surface area contributed by atoms with E-state index >= 15 is 0 Å². The van der Waals surface area contributed by atoms with Gasteiger partial charge >= 0.3 is 23.9 Å². The third kappa shape index (κ3) is 5.62. The van der Waals surface area contributed by atoms with E-state index in [0.29, 0.717) is 18.8 Å². The maximum Gasteiger partial charge on any atom is 0.303 e. The summed E-state index contributed by atoms with van der Waals surface area (Å²) in [4.78, 5) is 49.7. The molecule has 0 aromatic rings. The van der Waals surface area contributed by atoms with Gasteiger partial charge in [-0.1, -0.05) is 34.6 Å². The Bertz CT molecular complexity index is 1660. The second kappa shape index (κ2) is 12.8. The van der Waals surface area contributed by atoms with Gasteiger partial charge in [-0.3, -0.25) is 19.2 Å². The van der Waals surface area contributed by atoms with Crippen LogP contribution >= 0.6 is 0 Å². The molecule has 314 valence electrons. The van der Waals surface area contributed by atoms with Gasteiger partial charge in [0.05, 0.1) is 24.4 Å². The van der Waals surface area contributed by atoms with Crippen molar-refractivity contribution in [1.82, 2.24) is 0 Å². The lowest BCUT2D eigenvalue weighted by molar-refractivity contribution is -0.309. The van der Waals surface area contributed by atoms with Gasteiger partial charge in [0.25, 0.3) is 0 Å². The van der Waals surface area contributed by atoms with Gasteiger partial charge in [-0.25, -0.2) is 0 Å². The van der Waals surface area contributed by atoms with Crippen LogP contribution in [0.3, 0.4) is 0 Å². The molecule has 1 N–H and O–H groups in total. The summed E-state index contributed by atoms with van der Waals surface area (Å²) in [6.07, 6.45) is 1.34. The fraction of sp³-hybridized carbons (Fsp3) is 0.907. The van der Waals surface area contributed by atoms with E-state index in [4.69, 9.17) is 37.9 Å². The van der Waals surface area contributed by atoms with Crippen molar-refractivity contribution in [3.05, 3.63) is 0 Å². The molecule has 8 unspecified atom stereocenters. The van der Waals surface area contributed by atoms with Crippen molar-refractivity contribution >= 4 is 23.9 Å². The molecule has 3 saturated heterocycles. The van der Waals surface area contributed by atoms with E-state index in [1.165, 1.54) is 27.7 Å². The lowest BCUT2D eigenvalue weighted by Gasteiger charge is -2.64. The molecule has 0 amide bonds. The van der Waals surface area contributed by atoms with Crippen molar-refractivity contribution in [2.45, 2.75) is 188 Å². The Morgan fingerprint density at radius 1 is 0.714 bits per heavy atom. The number of hydrogen-bond donors (Lipinski definition) is 1. The van der Waals surface area contributed by atoms with E-state index < -0.39 is 65.4 Å². The summed E-state index contributed by atoms with van der Waals surface area (Å²) in [5.41, 5.74) is -1.92. The number of ether oxygens (including phenoxy) is 8. The number of rotatable bonds is 7. The van der Waals surface area contributed by atoms with Crippen molar-refractivity contribution in [3.8, 4) is 0 Å². The molecule has 0 radical (unpaired) electrons. The Labute approximate surface area is 330 Å². The molecule has 2 bridgehead atoms. The van der Waals surface area contributed by atoms with Gasteiger partial charge in [0.2, 0.25) is 0 Å². The van der Waals surface area contributed by atoms with Crippen LogP contribution in [0, 0.1) is 50.7 Å². The summed E-state index contributed by atoms with van der Waals surface area (Å²) in [7, 11) is 0. The first-order valence-corrected chi connectivity index (χ1v) is 21.0. The highest BCUT2D eigenvalue weighted by molar-refractivity contribution is 5.68. The molecule has 5 saturated carbocycles. The molecule has 5 aliphatic carbocycles. The standard InChI is InChI=1S/C43H64O13/c1-21-16-27-35(38(8,9)48)56-43(55-27)19-40(11)34-26(50-22(2)44)17-29-37(6,7)30(12-13-41(29)20-42(34,41)15-14-39(40,10)33(21)43)54-36-32(53-25(5)47)31(52-24(4)46)28(18-49-36)51-23(3)45/h21,26-36,48H,12-20H2,1-11H3/t21-,26?,27-,28-,29?,30?,31?,32?,33?,34?,35?,36+,39-,40+,41-,42+,43-/m1/s1. The molecule has 13 nitrogen and oxygen atoms in total. The average Bonchev–Trinajstić information content (AvgIpc) is 3.52. The van der Waals surface area contributed by atoms with Gasteiger partial charge in [-0.05, 0) is 97.7 Å². The van der Waals surface area contributed by atoms with E-state index in [9.17, 15) is 24.3 Å². The van der Waals surface area contributed by atoms with E-state index in [1.54, 1.807) is 0 Å². The third-order valence-corrected chi connectivity index (χ3v) is 16.8. The minimum Gasteiger partial charge on any atom is -0.462 e. The van der Waals surface area contributed by atoms with Crippen molar-refractivity contribution in [2.75, 3.05) is 6.61 Å². The summed E-state index contributed by atoms with van der Waals surface area (Å²) in [5.74, 6) is -2.19. The quantitative estimate of drug-likeness (QED) is 0.198. The molecule has 3 aliphatic heterocycles. The van der Waals surface area contributed by atoms with Crippen LogP contribution in [-0.4, -0.2) is 96.0 Å². The zero-order valence-electron chi connectivity index (χ0n) is 35.1. The highest BCUT2D eigenvalue weighted by Gasteiger charge is 2.87. The second-order valence-electron chi connectivity index (χ2n) is 20.7. The first-order valence-electron chi connectivity index (χ1n) is 21.0. The topological polar surface area (TPSA) is 162 Å². The molecule has 8 aliphatic rings. The Balaban J connectivity index is 1.11. The Morgan fingerprint density at radius 2 is 1.34 bits per heavy atom. The minimum absolute atomic E-state index is 0.0119. The normalized spacial score (nSPS) is 50.9. The number of esters is 4. The first-order chi connectivity index (χ1) is 25.9.